The Hall–Kier alpha value is -4.77. The van der Waals surface area contributed by atoms with Gasteiger partial charge < -0.3 is 5.32 Å². The van der Waals surface area contributed by atoms with Crippen LogP contribution in [0, 0.1) is 0 Å². The van der Waals surface area contributed by atoms with Crippen LogP contribution in [-0.4, -0.2) is 24.6 Å². The lowest BCUT2D eigenvalue weighted by atomic mass is 9.90. The minimum absolute atomic E-state index is 0.178. The molecule has 0 saturated heterocycles. The lowest BCUT2D eigenvalue weighted by Gasteiger charge is -2.17. The predicted molar refractivity (Wildman–Crippen MR) is 145 cm³/mol. The van der Waals surface area contributed by atoms with Crippen LogP contribution < -0.4 is 10.7 Å². The molecule has 2 amide bonds. The number of nitrogens with zero attached hydrogens (tertiary/aromatic N) is 1. The minimum atomic E-state index is -0.509. The van der Waals surface area contributed by atoms with Crippen LogP contribution in [0.2, 0.25) is 0 Å². The highest BCUT2D eigenvalue weighted by Crippen LogP contribution is 2.27. The Balaban J connectivity index is 1.29. The maximum Gasteiger partial charge on any atom is 0.259 e. The van der Waals surface area contributed by atoms with Crippen molar-refractivity contribution in [2.24, 2.45) is 5.10 Å². The van der Waals surface area contributed by atoms with E-state index < -0.39 is 11.8 Å². The van der Waals surface area contributed by atoms with Gasteiger partial charge in [-0.15, -0.1) is 0 Å². The summed E-state index contributed by atoms with van der Waals surface area (Å²) in [6, 6.07) is 37.4. The summed E-state index contributed by atoms with van der Waals surface area (Å²) >= 11 is 0. The van der Waals surface area contributed by atoms with Crippen molar-refractivity contribution in [2.45, 2.75) is 5.92 Å². The molecule has 0 spiro atoms. The van der Waals surface area contributed by atoms with Gasteiger partial charge in [-0.25, -0.2) is 5.43 Å². The first kappa shape index (κ1) is 23.0. The van der Waals surface area contributed by atoms with Crippen LogP contribution in [0.25, 0.3) is 21.5 Å². The summed E-state index contributed by atoms with van der Waals surface area (Å²) in [4.78, 5) is 25.6. The van der Waals surface area contributed by atoms with E-state index in [-0.39, 0.29) is 12.5 Å². The number of rotatable bonds is 7. The van der Waals surface area contributed by atoms with E-state index in [4.69, 9.17) is 0 Å². The van der Waals surface area contributed by atoms with Gasteiger partial charge in [0.25, 0.3) is 5.91 Å². The van der Waals surface area contributed by atoms with Gasteiger partial charge in [0, 0.05) is 5.56 Å². The van der Waals surface area contributed by atoms with E-state index in [2.05, 4.69) is 34.0 Å². The van der Waals surface area contributed by atoms with E-state index >= 15 is 0 Å². The molecule has 0 fully saturated rings. The van der Waals surface area contributed by atoms with Crippen LogP contribution in [-0.2, 0) is 9.59 Å². The first-order valence-electron chi connectivity index (χ1n) is 11.8. The number of nitrogens with one attached hydrogen (secondary N) is 2. The highest BCUT2D eigenvalue weighted by atomic mass is 16.2. The van der Waals surface area contributed by atoms with Crippen LogP contribution in [0.1, 0.15) is 22.6 Å². The largest absolute Gasteiger partial charge is 0.346 e. The Morgan fingerprint density at radius 3 is 1.75 bits per heavy atom. The van der Waals surface area contributed by atoms with Crippen molar-refractivity contribution in [3.63, 3.8) is 0 Å². The molecule has 0 radical (unpaired) electrons. The van der Waals surface area contributed by atoms with Gasteiger partial charge >= 0.3 is 0 Å². The van der Waals surface area contributed by atoms with E-state index in [0.717, 1.165) is 38.2 Å². The standard InChI is InChI=1S/C31H25N3O2/c35-29(21-32-31(36)30(22-11-3-1-4-12-22)23-13-5-2-6-14-23)34-33-20-28-26-17-9-7-15-24(26)19-25-16-8-10-18-27(25)28/h1-20,30H,21H2,(H,32,36)(H,34,35)/b33-20-. The molecule has 5 rings (SSSR count). The number of benzene rings is 5. The highest BCUT2D eigenvalue weighted by Gasteiger charge is 2.22. The van der Waals surface area contributed by atoms with Crippen LogP contribution in [0.5, 0.6) is 0 Å². The lowest BCUT2D eigenvalue weighted by molar-refractivity contribution is -0.126. The van der Waals surface area contributed by atoms with Crippen molar-refractivity contribution < 1.29 is 9.59 Å². The van der Waals surface area contributed by atoms with E-state index in [1.165, 1.54) is 0 Å². The summed E-state index contributed by atoms with van der Waals surface area (Å²) in [6.45, 7) is -0.178. The molecule has 0 unspecified atom stereocenters. The Bertz CT molecular complexity index is 1450. The number of carbonyl (C=O) groups is 2. The second-order valence-electron chi connectivity index (χ2n) is 8.50. The van der Waals surface area contributed by atoms with Gasteiger partial charge in [-0.2, -0.15) is 5.10 Å². The van der Waals surface area contributed by atoms with Gasteiger partial charge in [0.15, 0.2) is 0 Å². The zero-order valence-electron chi connectivity index (χ0n) is 19.6. The zero-order chi connectivity index (χ0) is 24.7. The van der Waals surface area contributed by atoms with Gasteiger partial charge in [0.2, 0.25) is 5.91 Å². The third-order valence-electron chi connectivity index (χ3n) is 6.15. The third-order valence-corrected chi connectivity index (χ3v) is 6.15. The smallest absolute Gasteiger partial charge is 0.259 e. The monoisotopic (exact) mass is 471 g/mol. The minimum Gasteiger partial charge on any atom is -0.346 e. The van der Waals surface area contributed by atoms with Crippen molar-refractivity contribution in [2.75, 3.05) is 6.54 Å². The summed E-state index contributed by atoms with van der Waals surface area (Å²) in [5.41, 5.74) is 5.21. The van der Waals surface area contributed by atoms with E-state index in [1.807, 2.05) is 97.1 Å². The number of hydrogen-bond donors (Lipinski definition) is 2. The summed E-state index contributed by atoms with van der Waals surface area (Å²) in [6.07, 6.45) is 1.67. The predicted octanol–water partition coefficient (Wildman–Crippen LogP) is 5.39. The molecule has 176 valence electrons. The van der Waals surface area contributed by atoms with E-state index in [9.17, 15) is 9.59 Å². The molecule has 0 aliphatic heterocycles. The van der Waals surface area contributed by atoms with Crippen molar-refractivity contribution in [1.29, 1.82) is 0 Å². The second-order valence-corrected chi connectivity index (χ2v) is 8.50. The molecule has 5 nitrogen and oxygen atoms in total. The van der Waals surface area contributed by atoms with Gasteiger partial charge in [0.1, 0.15) is 0 Å². The molecule has 5 heteroatoms. The second kappa shape index (κ2) is 10.7. The highest BCUT2D eigenvalue weighted by molar-refractivity contribution is 6.13. The fraction of sp³-hybridized carbons (Fsp3) is 0.0645. The fourth-order valence-corrected chi connectivity index (χ4v) is 4.45. The van der Waals surface area contributed by atoms with E-state index in [1.54, 1.807) is 6.21 Å². The third kappa shape index (κ3) is 5.00. The fourth-order valence-electron chi connectivity index (χ4n) is 4.45. The van der Waals surface area contributed by atoms with Crippen molar-refractivity contribution >= 4 is 39.6 Å². The molecule has 0 atom stereocenters. The average molecular weight is 472 g/mol. The Kier molecular flexibility index (Phi) is 6.81. The Morgan fingerprint density at radius 1 is 0.694 bits per heavy atom. The summed E-state index contributed by atoms with van der Waals surface area (Å²) in [7, 11) is 0. The molecule has 0 bridgehead atoms. The van der Waals surface area contributed by atoms with Crippen molar-refractivity contribution in [1.82, 2.24) is 10.7 Å². The molecule has 5 aromatic carbocycles. The number of hydrogen-bond acceptors (Lipinski definition) is 3. The molecule has 5 aromatic rings. The van der Waals surface area contributed by atoms with Gasteiger partial charge in [0.05, 0.1) is 18.7 Å². The first-order chi connectivity index (χ1) is 17.7. The van der Waals surface area contributed by atoms with Gasteiger partial charge in [-0.1, -0.05) is 109 Å². The Morgan fingerprint density at radius 2 is 1.19 bits per heavy atom. The number of amides is 2. The number of hydrazone groups is 1. The number of fused-ring (bicyclic) bond motifs is 2. The Labute approximate surface area is 209 Å². The SMILES string of the molecule is O=C(CNC(=O)C(c1ccccc1)c1ccccc1)N/N=C\c1c2ccccc2cc2ccccc12. The van der Waals surface area contributed by atoms with Crippen LogP contribution >= 0.6 is 0 Å². The summed E-state index contributed by atoms with van der Waals surface area (Å²) in [5, 5.41) is 11.3. The average Bonchev–Trinajstić information content (AvgIpc) is 2.93. The molecule has 0 aromatic heterocycles. The molecule has 36 heavy (non-hydrogen) atoms. The first-order valence-corrected chi connectivity index (χ1v) is 11.8. The van der Waals surface area contributed by atoms with Crippen molar-refractivity contribution in [3.05, 3.63) is 132 Å². The molecule has 0 saturated carbocycles. The lowest BCUT2D eigenvalue weighted by Crippen LogP contribution is -2.37. The van der Waals surface area contributed by atoms with Crippen LogP contribution in [0.3, 0.4) is 0 Å². The zero-order valence-corrected chi connectivity index (χ0v) is 19.6. The molecular formula is C31H25N3O2. The summed E-state index contributed by atoms with van der Waals surface area (Å²) < 4.78 is 0. The maximum absolute atomic E-state index is 13.1. The van der Waals surface area contributed by atoms with Crippen LogP contribution in [0.15, 0.2) is 120 Å². The topological polar surface area (TPSA) is 70.6 Å². The molecule has 0 heterocycles. The quantitative estimate of drug-likeness (QED) is 0.190. The molecule has 0 aliphatic rings. The molecule has 0 aliphatic carbocycles. The molecule has 2 N–H and O–H groups in total. The van der Waals surface area contributed by atoms with E-state index in [0.29, 0.717) is 0 Å². The van der Waals surface area contributed by atoms with Gasteiger partial charge in [-0.05, 0) is 38.7 Å². The maximum atomic E-state index is 13.1. The van der Waals surface area contributed by atoms with Crippen molar-refractivity contribution in [3.8, 4) is 0 Å². The molecular weight excluding hydrogens is 446 g/mol. The number of carbonyl (C=O) groups excluding carboxylic acids is 2. The summed E-state index contributed by atoms with van der Waals surface area (Å²) in [5.74, 6) is -1.15. The normalized spacial score (nSPS) is 11.2. The van der Waals surface area contributed by atoms with Gasteiger partial charge in [-0.3, -0.25) is 9.59 Å². The van der Waals surface area contributed by atoms with Crippen LogP contribution in [0.4, 0.5) is 0 Å².